The largest absolute Gasteiger partial charge is 0.465 e. The Morgan fingerprint density at radius 1 is 1.43 bits per heavy atom. The summed E-state index contributed by atoms with van der Waals surface area (Å²) in [6, 6.07) is -0.308. The molecule has 6 heteroatoms. The number of likely N-dealkylation sites (tertiary alicyclic amines) is 1. The Labute approximate surface area is 128 Å². The van der Waals surface area contributed by atoms with Crippen LogP contribution in [0.2, 0.25) is 18.1 Å². The van der Waals surface area contributed by atoms with E-state index in [0.29, 0.717) is 6.54 Å². The molecule has 0 bridgehead atoms. The number of hydrogen-bond acceptors (Lipinski definition) is 3. The summed E-state index contributed by atoms with van der Waals surface area (Å²) in [7, 11) is -1.95. The molecule has 0 aromatic heterocycles. The van der Waals surface area contributed by atoms with Crippen LogP contribution in [0.1, 0.15) is 33.6 Å². The van der Waals surface area contributed by atoms with Crippen LogP contribution in [-0.2, 0) is 4.43 Å². The highest BCUT2D eigenvalue weighted by Crippen LogP contribution is 2.39. The average molecular weight is 315 g/mol. The van der Waals surface area contributed by atoms with Crippen LogP contribution in [-0.4, -0.2) is 54.8 Å². The van der Waals surface area contributed by atoms with Crippen LogP contribution < -0.4 is 0 Å². The standard InChI is InChI=1S/C15H29NO4Si/c1-15(2,3)21(4,5)20-13-9-6-10-16(14(18)19)12(13)8-7-11-17/h7-8,12-13,17H,6,9-11H2,1-5H3,(H,18,19)/b8-7+/t12-,13+/m1/s1. The summed E-state index contributed by atoms with van der Waals surface area (Å²) in [5, 5.41) is 18.4. The van der Waals surface area contributed by atoms with Gasteiger partial charge in [0.2, 0.25) is 0 Å². The van der Waals surface area contributed by atoms with Crippen LogP contribution in [0, 0.1) is 0 Å². The molecule has 0 aromatic carbocycles. The molecule has 0 saturated carbocycles. The van der Waals surface area contributed by atoms with Gasteiger partial charge in [-0.3, -0.25) is 4.90 Å². The highest BCUT2D eigenvalue weighted by Gasteiger charge is 2.43. The van der Waals surface area contributed by atoms with Gasteiger partial charge < -0.3 is 14.6 Å². The lowest BCUT2D eigenvalue weighted by Gasteiger charge is -2.45. The minimum atomic E-state index is -1.95. The number of carboxylic acid groups (broad SMARTS) is 1. The van der Waals surface area contributed by atoms with Crippen molar-refractivity contribution >= 4 is 14.4 Å². The van der Waals surface area contributed by atoms with Crippen molar-refractivity contribution in [1.29, 1.82) is 0 Å². The van der Waals surface area contributed by atoms with E-state index in [1.165, 1.54) is 4.90 Å². The van der Waals surface area contributed by atoms with Crippen molar-refractivity contribution in [3.8, 4) is 0 Å². The number of aliphatic hydroxyl groups is 1. The molecule has 0 aliphatic carbocycles. The zero-order valence-corrected chi connectivity index (χ0v) is 14.8. The van der Waals surface area contributed by atoms with Crippen molar-refractivity contribution in [3.05, 3.63) is 12.2 Å². The molecular weight excluding hydrogens is 286 g/mol. The van der Waals surface area contributed by atoms with E-state index in [2.05, 4.69) is 33.9 Å². The van der Waals surface area contributed by atoms with Crippen LogP contribution >= 0.6 is 0 Å². The predicted molar refractivity (Wildman–Crippen MR) is 86.0 cm³/mol. The molecule has 1 amide bonds. The van der Waals surface area contributed by atoms with Crippen molar-refractivity contribution < 1.29 is 19.4 Å². The van der Waals surface area contributed by atoms with Crippen LogP contribution in [0.4, 0.5) is 4.79 Å². The van der Waals surface area contributed by atoms with E-state index in [-0.39, 0.29) is 23.8 Å². The quantitative estimate of drug-likeness (QED) is 0.618. The minimum absolute atomic E-state index is 0.0865. The van der Waals surface area contributed by atoms with Crippen molar-refractivity contribution in [2.24, 2.45) is 0 Å². The fourth-order valence-corrected chi connectivity index (χ4v) is 3.69. The molecule has 1 aliphatic rings. The van der Waals surface area contributed by atoms with Gasteiger partial charge in [0.15, 0.2) is 8.32 Å². The van der Waals surface area contributed by atoms with E-state index in [9.17, 15) is 9.90 Å². The van der Waals surface area contributed by atoms with E-state index in [1.54, 1.807) is 12.2 Å². The summed E-state index contributed by atoms with van der Waals surface area (Å²) in [6.07, 6.45) is 4.00. The number of nitrogens with zero attached hydrogens (tertiary/aromatic N) is 1. The van der Waals surface area contributed by atoms with Gasteiger partial charge in [0.1, 0.15) is 0 Å². The molecule has 0 aromatic rings. The minimum Gasteiger partial charge on any atom is -0.465 e. The maximum absolute atomic E-state index is 11.4. The second kappa shape index (κ2) is 6.94. The summed E-state index contributed by atoms with van der Waals surface area (Å²) in [5.74, 6) is 0. The normalized spacial score (nSPS) is 24.6. The Morgan fingerprint density at radius 2 is 2.05 bits per heavy atom. The molecule has 1 rings (SSSR count). The van der Waals surface area contributed by atoms with Gasteiger partial charge >= 0.3 is 6.09 Å². The van der Waals surface area contributed by atoms with E-state index >= 15 is 0 Å². The van der Waals surface area contributed by atoms with Crippen molar-refractivity contribution in [2.75, 3.05) is 13.2 Å². The highest BCUT2D eigenvalue weighted by atomic mass is 28.4. The molecule has 1 fully saturated rings. The topological polar surface area (TPSA) is 70.0 Å². The zero-order valence-electron chi connectivity index (χ0n) is 13.8. The maximum atomic E-state index is 11.4. The van der Waals surface area contributed by atoms with Gasteiger partial charge in [0.05, 0.1) is 18.8 Å². The predicted octanol–water partition coefficient (Wildman–Crippen LogP) is 3.07. The number of carbonyl (C=O) groups is 1. The molecule has 1 heterocycles. The second-order valence-electron chi connectivity index (χ2n) is 7.14. The lowest BCUT2D eigenvalue weighted by atomic mass is 9.99. The van der Waals surface area contributed by atoms with Gasteiger partial charge in [-0.05, 0) is 31.0 Å². The SMILES string of the molecule is CC(C)(C)[Si](C)(C)O[C@H]1CCCN(C(=O)O)[C@@H]1/C=C/CO. The van der Waals surface area contributed by atoms with E-state index in [0.717, 1.165) is 12.8 Å². The maximum Gasteiger partial charge on any atom is 0.407 e. The Bertz CT molecular complexity index is 390. The molecule has 0 unspecified atom stereocenters. The van der Waals surface area contributed by atoms with E-state index in [1.807, 2.05) is 0 Å². The lowest BCUT2D eigenvalue weighted by Crippen LogP contribution is -2.55. The first-order valence-corrected chi connectivity index (χ1v) is 10.5. The zero-order chi connectivity index (χ0) is 16.3. The van der Waals surface area contributed by atoms with Crippen molar-refractivity contribution in [1.82, 2.24) is 4.90 Å². The van der Waals surface area contributed by atoms with Crippen molar-refractivity contribution in [3.63, 3.8) is 0 Å². The Hall–Kier alpha value is -0.853. The number of hydrogen-bond donors (Lipinski definition) is 2. The van der Waals surface area contributed by atoms with Gasteiger partial charge in [0.25, 0.3) is 0 Å². The fourth-order valence-electron chi connectivity index (χ4n) is 2.32. The molecule has 2 atom stereocenters. The third kappa shape index (κ3) is 4.56. The first kappa shape index (κ1) is 18.2. The van der Waals surface area contributed by atoms with Gasteiger partial charge in [-0.15, -0.1) is 0 Å². The monoisotopic (exact) mass is 315 g/mol. The Kier molecular flexibility index (Phi) is 6.01. The number of rotatable bonds is 4. The molecule has 21 heavy (non-hydrogen) atoms. The first-order valence-electron chi connectivity index (χ1n) is 7.55. The number of aliphatic hydroxyl groups excluding tert-OH is 1. The third-order valence-corrected chi connectivity index (χ3v) is 9.07. The Balaban J connectivity index is 2.96. The molecule has 5 nitrogen and oxygen atoms in total. The first-order chi connectivity index (χ1) is 9.60. The van der Waals surface area contributed by atoms with E-state index in [4.69, 9.17) is 9.53 Å². The lowest BCUT2D eigenvalue weighted by molar-refractivity contribution is 0.0420. The highest BCUT2D eigenvalue weighted by molar-refractivity contribution is 6.74. The van der Waals surface area contributed by atoms with Gasteiger partial charge in [-0.2, -0.15) is 0 Å². The summed E-state index contributed by atoms with van der Waals surface area (Å²) in [4.78, 5) is 12.8. The molecule has 122 valence electrons. The van der Waals surface area contributed by atoms with Crippen LogP contribution in [0.5, 0.6) is 0 Å². The summed E-state index contributed by atoms with van der Waals surface area (Å²) in [5.41, 5.74) is 0. The summed E-state index contributed by atoms with van der Waals surface area (Å²) < 4.78 is 6.43. The van der Waals surface area contributed by atoms with Crippen LogP contribution in [0.25, 0.3) is 0 Å². The number of amides is 1. The van der Waals surface area contributed by atoms with E-state index < -0.39 is 14.4 Å². The smallest absolute Gasteiger partial charge is 0.407 e. The Morgan fingerprint density at radius 3 is 2.52 bits per heavy atom. The van der Waals surface area contributed by atoms with Gasteiger partial charge in [-0.1, -0.05) is 32.9 Å². The summed E-state index contributed by atoms with van der Waals surface area (Å²) in [6.45, 7) is 11.3. The van der Waals surface area contributed by atoms with Crippen LogP contribution in [0.15, 0.2) is 12.2 Å². The molecule has 0 spiro atoms. The molecule has 1 aliphatic heterocycles. The molecule has 0 radical (unpaired) electrons. The van der Waals surface area contributed by atoms with Gasteiger partial charge in [0, 0.05) is 6.54 Å². The van der Waals surface area contributed by atoms with Gasteiger partial charge in [-0.25, -0.2) is 4.79 Å². The number of piperidine rings is 1. The summed E-state index contributed by atoms with van der Waals surface area (Å²) >= 11 is 0. The second-order valence-corrected chi connectivity index (χ2v) is 11.9. The van der Waals surface area contributed by atoms with Crippen molar-refractivity contribution in [2.45, 2.75) is 63.9 Å². The average Bonchev–Trinajstić information content (AvgIpc) is 2.35. The fraction of sp³-hybridized carbons (Fsp3) is 0.800. The third-order valence-electron chi connectivity index (χ3n) is 4.57. The molecular formula is C15H29NO4Si. The molecule has 1 saturated heterocycles. The molecule has 2 N–H and O–H groups in total. The van der Waals surface area contributed by atoms with Crippen LogP contribution in [0.3, 0.4) is 0 Å².